The first-order valence-corrected chi connectivity index (χ1v) is 7.93. The lowest BCUT2D eigenvalue weighted by Gasteiger charge is -2.18. The molecule has 1 fully saturated rings. The second-order valence-electron chi connectivity index (χ2n) is 4.85. The first-order valence-electron chi connectivity index (χ1n) is 6.32. The van der Waals surface area contributed by atoms with E-state index in [1.807, 2.05) is 0 Å². The summed E-state index contributed by atoms with van der Waals surface area (Å²) in [4.78, 5) is 3.43. The maximum Gasteiger partial charge on any atom is 0.101 e. The lowest BCUT2D eigenvalue weighted by atomic mass is 10.2. The number of likely N-dealkylation sites (tertiary alicyclic amines) is 1. The van der Waals surface area contributed by atoms with E-state index in [4.69, 9.17) is 0 Å². The van der Waals surface area contributed by atoms with E-state index in [2.05, 4.69) is 45.1 Å². The van der Waals surface area contributed by atoms with Gasteiger partial charge in [0.15, 0.2) is 0 Å². The number of nitrogens with zero attached hydrogens (tertiary/aromatic N) is 1. The van der Waals surface area contributed by atoms with Crippen molar-refractivity contribution in [2.75, 3.05) is 19.6 Å². The van der Waals surface area contributed by atoms with Crippen molar-refractivity contribution < 1.29 is 5.11 Å². The molecule has 18 heavy (non-hydrogen) atoms. The summed E-state index contributed by atoms with van der Waals surface area (Å²) in [6.45, 7) is 3.04. The standard InChI is InChI=1S/C14H16BrNOS/c15-11-3-4-13-10(7-11)8-14(18-13)12(17)9-16-5-1-2-6-16/h3-4,7-8,12,17H,1-2,5-6,9H2/t12-/m0/s1. The van der Waals surface area contributed by atoms with Gasteiger partial charge in [-0.1, -0.05) is 15.9 Å². The monoisotopic (exact) mass is 325 g/mol. The molecule has 0 amide bonds. The molecule has 1 aliphatic heterocycles. The second-order valence-corrected chi connectivity index (χ2v) is 6.89. The molecular weight excluding hydrogens is 310 g/mol. The van der Waals surface area contributed by atoms with Crippen LogP contribution in [-0.4, -0.2) is 29.6 Å². The van der Waals surface area contributed by atoms with Gasteiger partial charge in [0.2, 0.25) is 0 Å². The van der Waals surface area contributed by atoms with Crippen molar-refractivity contribution in [1.29, 1.82) is 0 Å². The van der Waals surface area contributed by atoms with Gasteiger partial charge in [-0.25, -0.2) is 0 Å². The van der Waals surface area contributed by atoms with Gasteiger partial charge in [0.25, 0.3) is 0 Å². The van der Waals surface area contributed by atoms with Gasteiger partial charge in [0.1, 0.15) is 6.10 Å². The third-order valence-corrected chi connectivity index (χ3v) is 5.17. The minimum absolute atomic E-state index is 0.348. The molecule has 1 aliphatic rings. The van der Waals surface area contributed by atoms with Crippen LogP contribution < -0.4 is 0 Å². The molecule has 2 heterocycles. The molecule has 4 heteroatoms. The summed E-state index contributed by atoms with van der Waals surface area (Å²) in [6, 6.07) is 8.38. The molecule has 2 nitrogen and oxygen atoms in total. The highest BCUT2D eigenvalue weighted by molar-refractivity contribution is 9.10. The number of aliphatic hydroxyl groups excluding tert-OH is 1. The number of aliphatic hydroxyl groups is 1. The molecule has 2 aromatic rings. The van der Waals surface area contributed by atoms with Crippen molar-refractivity contribution in [2.24, 2.45) is 0 Å². The highest BCUT2D eigenvalue weighted by Crippen LogP contribution is 2.32. The van der Waals surface area contributed by atoms with Gasteiger partial charge in [0, 0.05) is 20.6 Å². The Balaban J connectivity index is 1.80. The fraction of sp³-hybridized carbons (Fsp3) is 0.429. The number of hydrogen-bond donors (Lipinski definition) is 1. The van der Waals surface area contributed by atoms with Crippen molar-refractivity contribution in [3.63, 3.8) is 0 Å². The summed E-state index contributed by atoms with van der Waals surface area (Å²) < 4.78 is 2.34. The summed E-state index contributed by atoms with van der Waals surface area (Å²) in [6.07, 6.45) is 2.19. The molecule has 1 aromatic carbocycles. The largest absolute Gasteiger partial charge is 0.386 e. The van der Waals surface area contributed by atoms with E-state index in [1.165, 1.54) is 22.9 Å². The SMILES string of the molecule is O[C@@H](CN1CCCC1)c1cc2cc(Br)ccc2s1. The van der Waals surface area contributed by atoms with Gasteiger partial charge < -0.3 is 10.0 Å². The lowest BCUT2D eigenvalue weighted by Crippen LogP contribution is -2.24. The predicted molar refractivity (Wildman–Crippen MR) is 80.2 cm³/mol. The maximum atomic E-state index is 10.3. The minimum atomic E-state index is -0.348. The lowest BCUT2D eigenvalue weighted by molar-refractivity contribution is 0.129. The van der Waals surface area contributed by atoms with Crippen LogP contribution in [0.5, 0.6) is 0 Å². The molecule has 0 unspecified atom stereocenters. The third-order valence-electron chi connectivity index (χ3n) is 3.46. The summed E-state index contributed by atoms with van der Waals surface area (Å²) in [5, 5.41) is 11.5. The van der Waals surface area contributed by atoms with Gasteiger partial charge in [-0.2, -0.15) is 0 Å². The van der Waals surface area contributed by atoms with E-state index in [0.717, 1.165) is 29.0 Å². The number of fused-ring (bicyclic) bond motifs is 1. The quantitative estimate of drug-likeness (QED) is 0.927. The van der Waals surface area contributed by atoms with Crippen molar-refractivity contribution in [3.05, 3.63) is 33.6 Å². The fourth-order valence-electron chi connectivity index (χ4n) is 2.50. The Labute approximate surface area is 119 Å². The van der Waals surface area contributed by atoms with E-state index in [1.54, 1.807) is 11.3 Å². The van der Waals surface area contributed by atoms with Crippen LogP contribution in [0.25, 0.3) is 10.1 Å². The first-order chi connectivity index (χ1) is 8.72. The molecule has 1 atom stereocenters. The molecule has 0 radical (unpaired) electrons. The van der Waals surface area contributed by atoms with Crippen molar-refractivity contribution in [1.82, 2.24) is 4.90 Å². The molecule has 0 aliphatic carbocycles. The molecule has 0 saturated carbocycles. The Morgan fingerprint density at radius 3 is 2.83 bits per heavy atom. The van der Waals surface area contributed by atoms with Crippen molar-refractivity contribution in [2.45, 2.75) is 18.9 Å². The minimum Gasteiger partial charge on any atom is -0.386 e. The van der Waals surface area contributed by atoms with Gasteiger partial charge in [-0.05, 0) is 55.6 Å². The number of thiophene rings is 1. The summed E-state index contributed by atoms with van der Waals surface area (Å²) in [5.74, 6) is 0. The zero-order valence-corrected chi connectivity index (χ0v) is 12.5. The molecule has 0 bridgehead atoms. The van der Waals surface area contributed by atoms with Gasteiger partial charge in [-0.3, -0.25) is 0 Å². The molecule has 1 aromatic heterocycles. The second kappa shape index (κ2) is 5.29. The average molecular weight is 326 g/mol. The zero-order valence-electron chi connectivity index (χ0n) is 10.1. The molecule has 96 valence electrons. The van der Waals surface area contributed by atoms with E-state index in [0.29, 0.717) is 0 Å². The molecule has 3 rings (SSSR count). The predicted octanol–water partition coefficient (Wildman–Crippen LogP) is 3.79. The molecule has 1 saturated heterocycles. The number of halogens is 1. The van der Waals surface area contributed by atoms with E-state index in [9.17, 15) is 5.11 Å². The van der Waals surface area contributed by atoms with Gasteiger partial charge in [0.05, 0.1) is 0 Å². The normalized spacial score (nSPS) is 18.6. The molecular formula is C14H16BrNOS. The van der Waals surface area contributed by atoms with Crippen LogP contribution in [0.2, 0.25) is 0 Å². The smallest absolute Gasteiger partial charge is 0.101 e. The van der Waals surface area contributed by atoms with Crippen molar-refractivity contribution in [3.8, 4) is 0 Å². The maximum absolute atomic E-state index is 10.3. The molecule has 1 N–H and O–H groups in total. The van der Waals surface area contributed by atoms with Gasteiger partial charge in [-0.15, -0.1) is 11.3 Å². The number of β-amino-alcohol motifs (C(OH)–C–C–N with tert-alkyl or cyclic N) is 1. The summed E-state index contributed by atoms with van der Waals surface area (Å²) in [5.41, 5.74) is 0. The Morgan fingerprint density at radius 2 is 2.06 bits per heavy atom. The van der Waals surface area contributed by atoms with Crippen LogP contribution in [0.15, 0.2) is 28.7 Å². The topological polar surface area (TPSA) is 23.5 Å². The Bertz CT molecular complexity index is 548. The van der Waals surface area contributed by atoms with Crippen LogP contribution in [-0.2, 0) is 0 Å². The fourth-order valence-corrected chi connectivity index (χ4v) is 3.90. The highest BCUT2D eigenvalue weighted by atomic mass is 79.9. The van der Waals surface area contributed by atoms with E-state index < -0.39 is 0 Å². The Morgan fingerprint density at radius 1 is 1.28 bits per heavy atom. The highest BCUT2D eigenvalue weighted by Gasteiger charge is 2.18. The van der Waals surface area contributed by atoms with Crippen LogP contribution in [0.3, 0.4) is 0 Å². The summed E-state index contributed by atoms with van der Waals surface area (Å²) >= 11 is 5.18. The average Bonchev–Trinajstić information content (AvgIpc) is 2.96. The number of benzene rings is 1. The van der Waals surface area contributed by atoms with Crippen LogP contribution >= 0.6 is 27.3 Å². The van der Waals surface area contributed by atoms with Gasteiger partial charge >= 0.3 is 0 Å². The molecule has 0 spiro atoms. The number of hydrogen-bond acceptors (Lipinski definition) is 3. The number of rotatable bonds is 3. The van der Waals surface area contributed by atoms with E-state index >= 15 is 0 Å². The third kappa shape index (κ3) is 2.62. The zero-order chi connectivity index (χ0) is 12.5. The summed E-state index contributed by atoms with van der Waals surface area (Å²) in [7, 11) is 0. The van der Waals surface area contributed by atoms with Crippen LogP contribution in [0.1, 0.15) is 23.8 Å². The van der Waals surface area contributed by atoms with Crippen LogP contribution in [0, 0.1) is 0 Å². The van der Waals surface area contributed by atoms with E-state index in [-0.39, 0.29) is 6.10 Å². The van der Waals surface area contributed by atoms with Crippen molar-refractivity contribution >= 4 is 37.4 Å². The first kappa shape index (κ1) is 12.6. The Kier molecular flexibility index (Phi) is 3.71. The van der Waals surface area contributed by atoms with Crippen LogP contribution in [0.4, 0.5) is 0 Å². The Hall–Kier alpha value is -0.420.